The molecule has 1 aromatic heterocycles. The van der Waals surface area contributed by atoms with Crippen LogP contribution in [0.2, 0.25) is 0 Å². The molecule has 1 saturated heterocycles. The van der Waals surface area contributed by atoms with E-state index in [1.54, 1.807) is 26.2 Å². The average molecular weight is 835 g/mol. The topological polar surface area (TPSA) is 178 Å². The molecule has 4 aromatic rings. The molecule has 0 spiro atoms. The van der Waals surface area contributed by atoms with Crippen LogP contribution in [-0.4, -0.2) is 80.0 Å². The highest BCUT2D eigenvalue weighted by Gasteiger charge is 2.55. The number of aromatic nitrogens is 1. The Morgan fingerprint density at radius 1 is 0.983 bits per heavy atom. The predicted molar refractivity (Wildman–Crippen MR) is 223 cm³/mol. The molecule has 3 amide bonds. The van der Waals surface area contributed by atoms with E-state index in [1.165, 1.54) is 45.6 Å². The van der Waals surface area contributed by atoms with E-state index < -0.39 is 46.2 Å². The number of ether oxygens (including phenoxy) is 1. The van der Waals surface area contributed by atoms with Gasteiger partial charge >= 0.3 is 5.97 Å². The summed E-state index contributed by atoms with van der Waals surface area (Å²) in [6.45, 7) is 5.07. The third kappa shape index (κ3) is 7.90. The molecule has 4 heterocycles. The molecular formula is C41H38N8O6S3. The molecule has 7 rings (SSSR count). The summed E-state index contributed by atoms with van der Waals surface area (Å²) in [7, 11) is 1.31. The fourth-order valence-corrected chi connectivity index (χ4v) is 9.54. The maximum Gasteiger partial charge on any atom is 0.355 e. The Bertz CT molecular complexity index is 2260. The second-order valence-corrected chi connectivity index (χ2v) is 17.0. The summed E-state index contributed by atoms with van der Waals surface area (Å²) in [5.41, 5.74) is 1.57. The van der Waals surface area contributed by atoms with E-state index in [0.29, 0.717) is 10.7 Å². The molecular weight excluding hydrogens is 797 g/mol. The number of thiazole rings is 1. The number of anilines is 1. The first-order valence-electron chi connectivity index (χ1n) is 18.0. The lowest BCUT2D eigenvalue weighted by molar-refractivity contribution is -0.158. The number of nitrogens with one attached hydrogen (secondary N) is 3. The second-order valence-electron chi connectivity index (χ2n) is 14.2. The van der Waals surface area contributed by atoms with Crippen molar-refractivity contribution in [1.82, 2.24) is 24.2 Å². The predicted octanol–water partition coefficient (Wildman–Crippen LogP) is 5.30. The monoisotopic (exact) mass is 834 g/mol. The molecule has 0 radical (unpaired) electrons. The Balaban J connectivity index is 1.15. The molecule has 1 fully saturated rings. The van der Waals surface area contributed by atoms with Gasteiger partial charge in [-0.05, 0) is 43.0 Å². The van der Waals surface area contributed by atoms with Crippen LogP contribution >= 0.6 is 35.2 Å². The van der Waals surface area contributed by atoms with Gasteiger partial charge < -0.3 is 24.9 Å². The number of hydrogen-bond donors (Lipinski definition) is 3. The molecule has 58 heavy (non-hydrogen) atoms. The number of carbonyl (C=O) groups excluding carboxylic acids is 4. The van der Waals surface area contributed by atoms with Gasteiger partial charge in [-0.15, -0.1) is 23.1 Å². The summed E-state index contributed by atoms with van der Waals surface area (Å²) in [6.07, 6.45) is 1.31. The lowest BCUT2D eigenvalue weighted by Crippen LogP contribution is -2.71. The van der Waals surface area contributed by atoms with Gasteiger partial charge in [-0.1, -0.05) is 96.2 Å². The first-order chi connectivity index (χ1) is 27.9. The number of thioether (sulfide) groups is 1. The van der Waals surface area contributed by atoms with E-state index in [4.69, 9.17) is 14.6 Å². The Hall–Kier alpha value is -6.09. The van der Waals surface area contributed by atoms with E-state index >= 15 is 0 Å². The van der Waals surface area contributed by atoms with Crippen molar-refractivity contribution in [3.05, 3.63) is 142 Å². The van der Waals surface area contributed by atoms with Gasteiger partial charge in [-0.3, -0.25) is 23.6 Å². The van der Waals surface area contributed by atoms with E-state index in [1.807, 2.05) is 97.1 Å². The maximum absolute atomic E-state index is 14.0. The highest BCUT2D eigenvalue weighted by atomic mass is 32.2. The summed E-state index contributed by atoms with van der Waals surface area (Å²) in [6, 6.07) is 30.9. The molecule has 0 unspecified atom stereocenters. The Morgan fingerprint density at radius 2 is 1.59 bits per heavy atom. The van der Waals surface area contributed by atoms with Crippen molar-refractivity contribution in [2.24, 2.45) is 5.16 Å². The van der Waals surface area contributed by atoms with E-state index in [0.717, 1.165) is 28.8 Å². The van der Waals surface area contributed by atoms with Crippen LogP contribution in [0.15, 0.2) is 125 Å². The smallest absolute Gasteiger partial charge is 0.355 e. The summed E-state index contributed by atoms with van der Waals surface area (Å²) in [5.74, 6) is -2.30. The first kappa shape index (κ1) is 40.1. The third-order valence-electron chi connectivity index (χ3n) is 9.26. The Morgan fingerprint density at radius 3 is 2.14 bits per heavy atom. The number of oxime groups is 1. The quantitative estimate of drug-likeness (QED) is 0.0420. The van der Waals surface area contributed by atoms with Crippen LogP contribution in [0.5, 0.6) is 0 Å². The minimum atomic E-state index is -1.03. The molecule has 0 bridgehead atoms. The second kappa shape index (κ2) is 16.8. The van der Waals surface area contributed by atoms with Crippen molar-refractivity contribution in [3.8, 4) is 6.07 Å². The SMILES string of the molecule is CON=C(C(=O)N[C@@H]1C(=O)N2C(C(=O)OC(C)(C)C)=C(CN3SNC=C(C#N)C3=O)CS[C@H]12)c1csc(NC(c2ccccc2)(c2ccccc2)c2ccccc2)n1. The molecule has 3 N–H and O–H groups in total. The lowest BCUT2D eigenvalue weighted by atomic mass is 9.77. The fraction of sp³-hybridized carbons (Fsp3) is 0.244. The number of nitriles is 1. The van der Waals surface area contributed by atoms with Crippen LogP contribution in [0.3, 0.4) is 0 Å². The van der Waals surface area contributed by atoms with Gasteiger partial charge in [0, 0.05) is 17.3 Å². The normalized spacial score (nSPS) is 18.3. The zero-order valence-electron chi connectivity index (χ0n) is 31.8. The van der Waals surface area contributed by atoms with Gasteiger partial charge in [0.1, 0.15) is 52.7 Å². The average Bonchev–Trinajstić information content (AvgIpc) is 3.69. The minimum absolute atomic E-state index is 0.00429. The number of nitrogens with zero attached hydrogens (tertiary/aromatic N) is 5. The van der Waals surface area contributed by atoms with Crippen molar-refractivity contribution in [3.63, 3.8) is 0 Å². The number of carbonyl (C=O) groups is 4. The van der Waals surface area contributed by atoms with Crippen molar-refractivity contribution in [1.29, 1.82) is 5.26 Å². The summed E-state index contributed by atoms with van der Waals surface area (Å²) in [4.78, 5) is 65.7. The largest absolute Gasteiger partial charge is 0.455 e. The third-order valence-corrected chi connectivity index (χ3v) is 12.1. The van der Waals surface area contributed by atoms with E-state index in [-0.39, 0.29) is 35.0 Å². The zero-order chi connectivity index (χ0) is 41.0. The van der Waals surface area contributed by atoms with Gasteiger partial charge in [0.25, 0.3) is 17.7 Å². The molecule has 17 heteroatoms. The molecule has 14 nitrogen and oxygen atoms in total. The fourth-order valence-electron chi connectivity index (χ4n) is 6.75. The number of amides is 3. The Labute approximate surface area is 347 Å². The highest BCUT2D eigenvalue weighted by molar-refractivity contribution is 8.00. The number of β-lactam (4-membered cyclic amide) rings is 1. The molecule has 3 aromatic carbocycles. The van der Waals surface area contributed by atoms with Gasteiger partial charge in [-0.2, -0.15) is 5.26 Å². The number of benzene rings is 3. The van der Waals surface area contributed by atoms with Crippen LogP contribution in [0.1, 0.15) is 43.2 Å². The van der Waals surface area contributed by atoms with Gasteiger partial charge in [-0.25, -0.2) is 9.78 Å². The summed E-state index contributed by atoms with van der Waals surface area (Å²) in [5, 5.41) is 21.4. The lowest BCUT2D eigenvalue weighted by Gasteiger charge is -2.50. The summed E-state index contributed by atoms with van der Waals surface area (Å²) < 4.78 is 9.82. The van der Waals surface area contributed by atoms with Crippen molar-refractivity contribution in [2.75, 3.05) is 24.7 Å². The van der Waals surface area contributed by atoms with Crippen LogP contribution in [0.4, 0.5) is 5.13 Å². The number of esters is 1. The van der Waals surface area contributed by atoms with E-state index in [2.05, 4.69) is 20.5 Å². The zero-order valence-corrected chi connectivity index (χ0v) is 34.2. The number of fused-ring (bicyclic) bond motifs is 1. The van der Waals surface area contributed by atoms with Crippen LogP contribution < -0.4 is 15.4 Å². The molecule has 2 atom stereocenters. The van der Waals surface area contributed by atoms with Crippen molar-refractivity contribution >= 4 is 69.8 Å². The highest BCUT2D eigenvalue weighted by Crippen LogP contribution is 2.43. The van der Waals surface area contributed by atoms with Gasteiger partial charge in [0.05, 0.1) is 18.7 Å². The van der Waals surface area contributed by atoms with Crippen LogP contribution in [0, 0.1) is 11.3 Å². The van der Waals surface area contributed by atoms with Gasteiger partial charge in [0.2, 0.25) is 0 Å². The molecule has 3 aliphatic rings. The maximum atomic E-state index is 14.0. The standard InChI is InChI=1S/C41H38N8O6S3/c1-40(2,3)55-38(53)33-26(22-48-35(51)25(20-42)21-43-58-48)23-56-37-32(36(52)49(33)37)45-34(50)31(47-54-4)30-24-57-39(44-30)46-41(27-14-8-5-9-15-27,28-16-10-6-11-17-28)29-18-12-7-13-19-29/h5-19,21,24,32,37,43H,22-23H2,1-4H3,(H,44,46)(H,45,50)/t32-,37-/m1/s1. The van der Waals surface area contributed by atoms with Crippen molar-refractivity contribution < 1.29 is 28.8 Å². The molecule has 0 aliphatic carbocycles. The van der Waals surface area contributed by atoms with Crippen LogP contribution in [-0.2, 0) is 34.3 Å². The summed E-state index contributed by atoms with van der Waals surface area (Å²) >= 11 is 3.56. The van der Waals surface area contributed by atoms with Gasteiger partial charge in [0.15, 0.2) is 10.8 Å². The first-order valence-corrected chi connectivity index (χ1v) is 20.7. The molecule has 3 aliphatic heterocycles. The van der Waals surface area contributed by atoms with E-state index in [9.17, 15) is 24.4 Å². The number of rotatable bonds is 12. The number of hydrogen-bond acceptors (Lipinski definition) is 14. The Kier molecular flexibility index (Phi) is 11.6. The van der Waals surface area contributed by atoms with Crippen molar-refractivity contribution in [2.45, 2.75) is 43.3 Å². The van der Waals surface area contributed by atoms with Crippen LogP contribution in [0.25, 0.3) is 0 Å². The molecule has 0 saturated carbocycles. The minimum Gasteiger partial charge on any atom is -0.455 e. The molecule has 296 valence electrons.